The Balaban J connectivity index is 1.23. The van der Waals surface area contributed by atoms with Crippen molar-refractivity contribution in [3.63, 3.8) is 0 Å². The Hall–Kier alpha value is -3.17. The number of hydrogen-bond donors (Lipinski definition) is 0. The summed E-state index contributed by atoms with van der Waals surface area (Å²) in [5, 5.41) is 0. The summed E-state index contributed by atoms with van der Waals surface area (Å²) in [4.78, 5) is 26.7. The van der Waals surface area contributed by atoms with E-state index in [-0.39, 0.29) is 50.0 Å². The van der Waals surface area contributed by atoms with Gasteiger partial charge < -0.3 is 13.9 Å². The zero-order valence-electron chi connectivity index (χ0n) is 18.1. The monoisotopic (exact) mass is 467 g/mol. The summed E-state index contributed by atoms with van der Waals surface area (Å²) >= 11 is 0. The summed E-state index contributed by atoms with van der Waals surface area (Å²) in [5.41, 5.74) is 2.21. The lowest BCUT2D eigenvalue weighted by Crippen LogP contribution is -2.50. The molecule has 2 aromatic heterocycles. The molecule has 5 rings (SSSR count). The third-order valence-corrected chi connectivity index (χ3v) is 8.23. The minimum atomic E-state index is -3.59. The molecule has 1 aliphatic heterocycles. The lowest BCUT2D eigenvalue weighted by Gasteiger charge is -2.33. The van der Waals surface area contributed by atoms with Crippen LogP contribution in [-0.2, 0) is 29.4 Å². The second-order valence-corrected chi connectivity index (χ2v) is 10.4. The molecule has 0 bridgehead atoms. The van der Waals surface area contributed by atoms with Gasteiger partial charge in [0, 0.05) is 38.4 Å². The highest BCUT2D eigenvalue weighted by atomic mass is 32.2. The number of fused-ring (bicyclic) bond motifs is 1. The molecule has 0 saturated carbocycles. The molecule has 1 fully saturated rings. The van der Waals surface area contributed by atoms with Gasteiger partial charge in [-0.3, -0.25) is 9.59 Å². The number of aromatic nitrogens is 1. The lowest BCUT2D eigenvalue weighted by molar-refractivity contribution is 0.0664. The minimum absolute atomic E-state index is 0.150. The highest BCUT2D eigenvalue weighted by molar-refractivity contribution is 7.89. The van der Waals surface area contributed by atoms with Crippen LogP contribution >= 0.6 is 0 Å². The zero-order chi connectivity index (χ0) is 23.0. The van der Waals surface area contributed by atoms with Crippen molar-refractivity contribution in [2.24, 2.45) is 0 Å². The van der Waals surface area contributed by atoms with E-state index >= 15 is 0 Å². The Labute approximate surface area is 192 Å². The van der Waals surface area contributed by atoms with Crippen molar-refractivity contribution in [3.05, 3.63) is 87.7 Å². The molecule has 0 unspecified atom stereocenters. The number of rotatable bonds is 5. The predicted octanol–water partition coefficient (Wildman–Crippen LogP) is 2.12. The van der Waals surface area contributed by atoms with Gasteiger partial charge in [-0.05, 0) is 60.7 Å². The molecule has 1 saturated heterocycles. The van der Waals surface area contributed by atoms with Crippen molar-refractivity contribution in [1.29, 1.82) is 0 Å². The Morgan fingerprint density at radius 1 is 0.939 bits per heavy atom. The molecule has 172 valence electrons. The first kappa shape index (κ1) is 21.7. The average Bonchev–Trinajstić information content (AvgIpc) is 3.49. The van der Waals surface area contributed by atoms with E-state index in [0.717, 1.165) is 24.8 Å². The second-order valence-electron chi connectivity index (χ2n) is 8.41. The van der Waals surface area contributed by atoms with Gasteiger partial charge in [0.15, 0.2) is 5.76 Å². The van der Waals surface area contributed by atoms with Crippen LogP contribution in [0.5, 0.6) is 0 Å². The van der Waals surface area contributed by atoms with Crippen molar-refractivity contribution < 1.29 is 17.6 Å². The molecular formula is C24H25N3O5S. The molecule has 2 aliphatic rings. The minimum Gasteiger partial charge on any atom is -0.454 e. The standard InChI is InChI=1S/C24H25N3O5S/c28-23-6-1-2-11-26(23)17-20-8-10-22(32-20)24(29)25-12-14-27(15-13-25)33(30,31)21-9-7-18-4-3-5-19(18)16-21/h1-2,6-11,16H,3-5,12-15,17H2. The van der Waals surface area contributed by atoms with E-state index in [0.29, 0.717) is 10.7 Å². The van der Waals surface area contributed by atoms with Crippen molar-refractivity contribution >= 4 is 15.9 Å². The first-order chi connectivity index (χ1) is 15.9. The van der Waals surface area contributed by atoms with Crippen molar-refractivity contribution in [2.75, 3.05) is 26.2 Å². The summed E-state index contributed by atoms with van der Waals surface area (Å²) in [5.74, 6) is 0.407. The third-order valence-electron chi connectivity index (χ3n) is 6.33. The van der Waals surface area contributed by atoms with Crippen molar-refractivity contribution in [1.82, 2.24) is 13.8 Å². The number of benzene rings is 1. The van der Waals surface area contributed by atoms with Crippen molar-refractivity contribution in [2.45, 2.75) is 30.7 Å². The fourth-order valence-corrected chi connectivity index (χ4v) is 5.96. The van der Waals surface area contributed by atoms with Gasteiger partial charge in [0.05, 0.1) is 11.4 Å². The molecule has 1 aromatic carbocycles. The van der Waals surface area contributed by atoms with Crippen LogP contribution in [0.3, 0.4) is 0 Å². The quantitative estimate of drug-likeness (QED) is 0.573. The fraction of sp³-hybridized carbons (Fsp3) is 0.333. The van der Waals surface area contributed by atoms with Gasteiger partial charge >= 0.3 is 0 Å². The van der Waals surface area contributed by atoms with Crippen LogP contribution in [0.15, 0.2) is 68.8 Å². The summed E-state index contributed by atoms with van der Waals surface area (Å²) in [6.45, 7) is 1.28. The maximum atomic E-state index is 13.1. The van der Waals surface area contributed by atoms with Gasteiger partial charge in [0.25, 0.3) is 11.5 Å². The van der Waals surface area contributed by atoms with E-state index in [4.69, 9.17) is 4.42 Å². The molecule has 0 N–H and O–H groups in total. The molecular weight excluding hydrogens is 442 g/mol. The number of hydrogen-bond acceptors (Lipinski definition) is 5. The second kappa shape index (κ2) is 8.64. The van der Waals surface area contributed by atoms with E-state index < -0.39 is 10.0 Å². The summed E-state index contributed by atoms with van der Waals surface area (Å²) in [6.07, 6.45) is 4.65. The predicted molar refractivity (Wildman–Crippen MR) is 122 cm³/mol. The first-order valence-electron chi connectivity index (χ1n) is 11.1. The Kier molecular flexibility index (Phi) is 5.67. The van der Waals surface area contributed by atoms with E-state index in [1.165, 1.54) is 20.5 Å². The lowest BCUT2D eigenvalue weighted by atomic mass is 10.1. The van der Waals surface area contributed by atoms with Crippen LogP contribution in [0.1, 0.15) is 33.9 Å². The molecule has 0 spiro atoms. The molecule has 1 aliphatic carbocycles. The van der Waals surface area contributed by atoms with E-state index in [1.807, 2.05) is 6.07 Å². The molecule has 8 nitrogen and oxygen atoms in total. The van der Waals surface area contributed by atoms with Crippen LogP contribution in [0.25, 0.3) is 0 Å². The number of nitrogens with zero attached hydrogens (tertiary/aromatic N) is 3. The third kappa shape index (κ3) is 4.26. The summed E-state index contributed by atoms with van der Waals surface area (Å²) < 4.78 is 34.9. The van der Waals surface area contributed by atoms with Crippen LogP contribution < -0.4 is 5.56 Å². The van der Waals surface area contributed by atoms with Gasteiger partial charge in [0.2, 0.25) is 10.0 Å². The van der Waals surface area contributed by atoms with E-state index in [1.54, 1.807) is 47.5 Å². The normalized spacial score (nSPS) is 16.7. The summed E-state index contributed by atoms with van der Waals surface area (Å²) in [6, 6.07) is 13.6. The molecule has 1 amide bonds. The number of aryl methyl sites for hydroxylation is 2. The van der Waals surface area contributed by atoms with E-state index in [9.17, 15) is 18.0 Å². The fourth-order valence-electron chi connectivity index (χ4n) is 4.48. The van der Waals surface area contributed by atoms with Gasteiger partial charge in [-0.25, -0.2) is 8.42 Å². The molecule has 3 heterocycles. The average molecular weight is 468 g/mol. The maximum Gasteiger partial charge on any atom is 0.289 e. The van der Waals surface area contributed by atoms with Gasteiger partial charge in [-0.15, -0.1) is 0 Å². The van der Waals surface area contributed by atoms with Crippen LogP contribution in [0, 0.1) is 0 Å². The molecule has 0 radical (unpaired) electrons. The number of carbonyl (C=O) groups is 1. The SMILES string of the molecule is O=C(c1ccc(Cn2ccccc2=O)o1)N1CCN(S(=O)(=O)c2ccc3c(c2)CCC3)CC1. The number of furan rings is 1. The highest BCUT2D eigenvalue weighted by Crippen LogP contribution is 2.27. The largest absolute Gasteiger partial charge is 0.454 e. The van der Waals surface area contributed by atoms with Crippen LogP contribution in [0.2, 0.25) is 0 Å². The van der Waals surface area contributed by atoms with Gasteiger partial charge in [-0.2, -0.15) is 4.31 Å². The number of pyridine rings is 1. The van der Waals surface area contributed by atoms with Crippen molar-refractivity contribution in [3.8, 4) is 0 Å². The van der Waals surface area contributed by atoms with Gasteiger partial charge in [0.1, 0.15) is 5.76 Å². The van der Waals surface area contributed by atoms with Crippen LogP contribution in [0.4, 0.5) is 0 Å². The highest BCUT2D eigenvalue weighted by Gasteiger charge is 2.32. The Morgan fingerprint density at radius 3 is 2.52 bits per heavy atom. The Morgan fingerprint density at radius 2 is 1.73 bits per heavy atom. The van der Waals surface area contributed by atoms with Gasteiger partial charge in [-0.1, -0.05) is 12.1 Å². The number of piperazine rings is 1. The first-order valence-corrected chi connectivity index (χ1v) is 12.5. The number of amides is 1. The van der Waals surface area contributed by atoms with E-state index in [2.05, 4.69) is 0 Å². The Bertz CT molecular complexity index is 1350. The molecule has 3 aromatic rings. The molecule has 0 atom stereocenters. The topological polar surface area (TPSA) is 92.8 Å². The summed E-state index contributed by atoms with van der Waals surface area (Å²) in [7, 11) is -3.59. The smallest absolute Gasteiger partial charge is 0.289 e. The molecule has 33 heavy (non-hydrogen) atoms. The zero-order valence-corrected chi connectivity index (χ0v) is 19.0. The number of sulfonamides is 1. The number of carbonyl (C=O) groups excluding carboxylic acids is 1. The maximum absolute atomic E-state index is 13.1. The van der Waals surface area contributed by atoms with Crippen LogP contribution in [-0.4, -0.2) is 54.3 Å². The molecule has 9 heteroatoms.